The Hall–Kier alpha value is -3.17. The van der Waals surface area contributed by atoms with E-state index in [-0.39, 0.29) is 24.3 Å². The predicted octanol–water partition coefficient (Wildman–Crippen LogP) is 1.82. The Balaban J connectivity index is 1.53. The molecule has 1 unspecified atom stereocenters. The SMILES string of the molecule is CCN(CC)c1ccc(N2CC=C[C@]34O[C@H]5C=CCN(C)C(=O)[C@H]5[C@H]3C(=O)N(CCCCO)C4C2=O)cc1. The van der Waals surface area contributed by atoms with Gasteiger partial charge in [-0.25, -0.2) is 0 Å². The van der Waals surface area contributed by atoms with E-state index in [1.807, 2.05) is 48.6 Å². The van der Waals surface area contributed by atoms with Crippen molar-refractivity contribution in [1.82, 2.24) is 9.80 Å². The standard InChI is InChI=1S/C29H38N4O5/c1-4-31(5-2)20-11-13-21(14-12-20)32-18-9-15-29-24(23-22(38-29)10-8-16-30(3)26(23)35)27(36)33(17-6-7-19-34)25(29)28(32)37/h8-15,22-25,34H,4-7,16-19H2,1-3H3/t22-,23+,24-,25?,29-/m0/s1. The number of unbranched alkanes of at least 4 members (excludes halogenated alkanes) is 1. The molecule has 2 fully saturated rings. The molecular weight excluding hydrogens is 484 g/mol. The number of nitrogens with zero attached hydrogens (tertiary/aromatic N) is 4. The van der Waals surface area contributed by atoms with Crippen molar-refractivity contribution >= 4 is 29.1 Å². The summed E-state index contributed by atoms with van der Waals surface area (Å²) in [6.07, 6.45) is 8.03. The molecule has 5 rings (SSSR count). The van der Waals surface area contributed by atoms with E-state index in [1.54, 1.807) is 21.7 Å². The second-order valence-corrected chi connectivity index (χ2v) is 10.5. The fraction of sp³-hybridized carbons (Fsp3) is 0.552. The lowest BCUT2D eigenvalue weighted by atomic mass is 9.77. The number of aliphatic hydroxyl groups excluding tert-OH is 1. The van der Waals surface area contributed by atoms with Gasteiger partial charge in [0, 0.05) is 57.8 Å². The molecule has 5 atom stereocenters. The molecule has 1 N–H and O–H groups in total. The topological polar surface area (TPSA) is 93.6 Å². The molecule has 0 radical (unpaired) electrons. The van der Waals surface area contributed by atoms with E-state index in [1.165, 1.54) is 0 Å². The highest BCUT2D eigenvalue weighted by molar-refractivity contribution is 6.05. The number of amides is 3. The molecule has 1 spiro atoms. The van der Waals surface area contributed by atoms with Crippen molar-refractivity contribution in [3.8, 4) is 0 Å². The van der Waals surface area contributed by atoms with Gasteiger partial charge in [-0.2, -0.15) is 0 Å². The van der Waals surface area contributed by atoms with Crippen LogP contribution in [0.25, 0.3) is 0 Å². The average molecular weight is 523 g/mol. The number of ether oxygens (including phenoxy) is 1. The zero-order chi connectivity index (χ0) is 27.0. The smallest absolute Gasteiger partial charge is 0.253 e. The molecule has 4 heterocycles. The Kier molecular flexibility index (Phi) is 7.33. The van der Waals surface area contributed by atoms with E-state index < -0.39 is 29.6 Å². The minimum Gasteiger partial charge on any atom is -0.396 e. The molecule has 4 aliphatic heterocycles. The molecular formula is C29H38N4O5. The van der Waals surface area contributed by atoms with Gasteiger partial charge in [-0.3, -0.25) is 14.4 Å². The number of likely N-dealkylation sites (tertiary alicyclic amines) is 1. The highest BCUT2D eigenvalue weighted by Crippen LogP contribution is 2.53. The maximum absolute atomic E-state index is 14.3. The fourth-order valence-electron chi connectivity index (χ4n) is 6.56. The minimum atomic E-state index is -1.23. The highest BCUT2D eigenvalue weighted by Gasteiger charge is 2.71. The summed E-state index contributed by atoms with van der Waals surface area (Å²) in [6, 6.07) is 7.04. The summed E-state index contributed by atoms with van der Waals surface area (Å²) in [5.41, 5.74) is 0.613. The zero-order valence-electron chi connectivity index (χ0n) is 22.5. The molecule has 1 aromatic rings. The first-order valence-electron chi connectivity index (χ1n) is 13.7. The Labute approximate surface area is 224 Å². The van der Waals surface area contributed by atoms with E-state index in [0.717, 1.165) is 24.5 Å². The summed E-state index contributed by atoms with van der Waals surface area (Å²) in [7, 11) is 1.73. The van der Waals surface area contributed by atoms with Crippen molar-refractivity contribution in [2.75, 3.05) is 56.2 Å². The van der Waals surface area contributed by atoms with Gasteiger partial charge in [-0.15, -0.1) is 0 Å². The molecule has 1 aromatic carbocycles. The van der Waals surface area contributed by atoms with Crippen molar-refractivity contribution in [2.45, 2.75) is 44.4 Å². The van der Waals surface area contributed by atoms with Gasteiger partial charge in [0.1, 0.15) is 11.6 Å². The Morgan fingerprint density at radius 2 is 1.74 bits per heavy atom. The third kappa shape index (κ3) is 4.12. The highest BCUT2D eigenvalue weighted by atomic mass is 16.5. The third-order valence-electron chi connectivity index (χ3n) is 8.46. The number of rotatable bonds is 8. The van der Waals surface area contributed by atoms with Gasteiger partial charge in [0.15, 0.2) is 0 Å². The number of fused-ring (bicyclic) bond motifs is 2. The Bertz CT molecular complexity index is 1130. The molecule has 0 bridgehead atoms. The normalized spacial score (nSPS) is 30.3. The number of hydrogen-bond acceptors (Lipinski definition) is 6. The number of hydrogen-bond donors (Lipinski definition) is 1. The van der Waals surface area contributed by atoms with Gasteiger partial charge in [0.05, 0.1) is 17.9 Å². The van der Waals surface area contributed by atoms with E-state index in [0.29, 0.717) is 32.5 Å². The fourth-order valence-corrected chi connectivity index (χ4v) is 6.56. The number of likely N-dealkylation sites (N-methyl/N-ethyl adjacent to an activating group) is 1. The van der Waals surface area contributed by atoms with Crippen LogP contribution < -0.4 is 9.80 Å². The van der Waals surface area contributed by atoms with E-state index >= 15 is 0 Å². The number of anilines is 2. The van der Waals surface area contributed by atoms with Crippen LogP contribution in [-0.2, 0) is 19.1 Å². The van der Waals surface area contributed by atoms with Crippen LogP contribution in [0.15, 0.2) is 48.6 Å². The van der Waals surface area contributed by atoms with Crippen LogP contribution in [0.4, 0.5) is 11.4 Å². The van der Waals surface area contributed by atoms with Gasteiger partial charge in [0.2, 0.25) is 11.8 Å². The monoisotopic (exact) mass is 522 g/mol. The van der Waals surface area contributed by atoms with Gasteiger partial charge < -0.3 is 29.4 Å². The lowest BCUT2D eigenvalue weighted by Gasteiger charge is -2.35. The van der Waals surface area contributed by atoms with Crippen LogP contribution in [0.3, 0.4) is 0 Å². The average Bonchev–Trinajstić information content (AvgIpc) is 3.24. The number of aliphatic hydroxyl groups is 1. The lowest BCUT2D eigenvalue weighted by Crippen LogP contribution is -2.55. The quantitative estimate of drug-likeness (QED) is 0.414. The van der Waals surface area contributed by atoms with Crippen molar-refractivity contribution in [3.63, 3.8) is 0 Å². The first kappa shape index (κ1) is 26.4. The first-order valence-corrected chi connectivity index (χ1v) is 13.7. The second kappa shape index (κ2) is 10.5. The third-order valence-corrected chi connectivity index (χ3v) is 8.46. The molecule has 38 heavy (non-hydrogen) atoms. The lowest BCUT2D eigenvalue weighted by molar-refractivity contribution is -0.143. The summed E-state index contributed by atoms with van der Waals surface area (Å²) >= 11 is 0. The molecule has 3 amide bonds. The van der Waals surface area contributed by atoms with Gasteiger partial charge in [-0.1, -0.05) is 24.3 Å². The largest absolute Gasteiger partial charge is 0.396 e. The number of carbonyl (C=O) groups excluding carboxylic acids is 3. The van der Waals surface area contributed by atoms with Crippen LogP contribution in [0.1, 0.15) is 26.7 Å². The van der Waals surface area contributed by atoms with E-state index in [9.17, 15) is 19.5 Å². The van der Waals surface area contributed by atoms with E-state index in [2.05, 4.69) is 18.7 Å². The maximum Gasteiger partial charge on any atom is 0.253 e. The molecule has 0 aromatic heterocycles. The summed E-state index contributed by atoms with van der Waals surface area (Å²) in [6.45, 7) is 7.12. The van der Waals surface area contributed by atoms with Crippen molar-refractivity contribution in [2.24, 2.45) is 11.8 Å². The molecule has 204 valence electrons. The molecule has 2 saturated heterocycles. The zero-order valence-corrected chi connectivity index (χ0v) is 22.5. The first-order chi connectivity index (χ1) is 18.4. The molecule has 9 nitrogen and oxygen atoms in total. The van der Waals surface area contributed by atoms with Crippen LogP contribution >= 0.6 is 0 Å². The van der Waals surface area contributed by atoms with Crippen molar-refractivity contribution < 1.29 is 24.2 Å². The number of carbonyl (C=O) groups is 3. The van der Waals surface area contributed by atoms with Crippen LogP contribution in [0.5, 0.6) is 0 Å². The van der Waals surface area contributed by atoms with E-state index in [4.69, 9.17) is 4.74 Å². The summed E-state index contributed by atoms with van der Waals surface area (Å²) < 4.78 is 6.61. The minimum absolute atomic E-state index is 0.00933. The Morgan fingerprint density at radius 1 is 1.00 bits per heavy atom. The van der Waals surface area contributed by atoms with Gasteiger partial charge >= 0.3 is 0 Å². The van der Waals surface area contributed by atoms with Gasteiger partial charge in [0.25, 0.3) is 5.91 Å². The van der Waals surface area contributed by atoms with Crippen molar-refractivity contribution in [1.29, 1.82) is 0 Å². The second-order valence-electron chi connectivity index (χ2n) is 10.5. The summed E-state index contributed by atoms with van der Waals surface area (Å²) in [4.78, 5) is 49.0. The number of benzene rings is 1. The molecule has 9 heteroatoms. The summed E-state index contributed by atoms with van der Waals surface area (Å²) in [5.74, 6) is -2.05. The van der Waals surface area contributed by atoms with Gasteiger partial charge in [-0.05, 0) is 51.0 Å². The molecule has 0 aliphatic carbocycles. The maximum atomic E-state index is 14.3. The predicted molar refractivity (Wildman–Crippen MR) is 145 cm³/mol. The molecule has 0 saturated carbocycles. The van der Waals surface area contributed by atoms with Crippen LogP contribution in [-0.4, -0.2) is 96.8 Å². The van der Waals surface area contributed by atoms with Crippen LogP contribution in [0, 0.1) is 11.8 Å². The van der Waals surface area contributed by atoms with Crippen molar-refractivity contribution in [3.05, 3.63) is 48.6 Å². The Morgan fingerprint density at radius 3 is 2.42 bits per heavy atom. The molecule has 4 aliphatic rings. The van der Waals surface area contributed by atoms with Crippen LogP contribution in [0.2, 0.25) is 0 Å². The summed E-state index contributed by atoms with van der Waals surface area (Å²) in [5, 5.41) is 9.36.